The first-order chi connectivity index (χ1) is 9.15. The molecule has 6 heteroatoms. The predicted molar refractivity (Wildman–Crippen MR) is 74.2 cm³/mol. The van der Waals surface area contributed by atoms with Crippen LogP contribution in [0.15, 0.2) is 24.3 Å². The van der Waals surface area contributed by atoms with Gasteiger partial charge in [-0.25, -0.2) is 4.79 Å². The van der Waals surface area contributed by atoms with Crippen LogP contribution in [0.25, 0.3) is 0 Å². The monoisotopic (exact) mass is 281 g/mol. The molecule has 0 bridgehead atoms. The first kappa shape index (κ1) is 13.8. The van der Waals surface area contributed by atoms with E-state index in [1.54, 1.807) is 24.3 Å². The van der Waals surface area contributed by atoms with Gasteiger partial charge in [0.1, 0.15) is 0 Å². The smallest absolute Gasteiger partial charge is 0.317 e. The predicted octanol–water partition coefficient (Wildman–Crippen LogP) is 1.99. The van der Waals surface area contributed by atoms with Crippen molar-refractivity contribution in [2.24, 2.45) is 5.92 Å². The Kier molecular flexibility index (Phi) is 4.76. The fraction of sp³-hybridized carbons (Fsp3) is 0.385. The number of rotatable bonds is 2. The molecule has 0 atom stereocenters. The quantitative estimate of drug-likeness (QED) is 0.776. The lowest BCUT2D eigenvalue weighted by Gasteiger charge is -2.21. The molecule has 1 fully saturated rings. The molecule has 1 aliphatic rings. The fourth-order valence-corrected chi connectivity index (χ4v) is 2.22. The maximum Gasteiger partial charge on any atom is 0.325 e. The molecule has 0 saturated carbocycles. The van der Waals surface area contributed by atoms with E-state index in [1.165, 1.54) is 0 Å². The van der Waals surface area contributed by atoms with E-state index in [0.717, 1.165) is 25.9 Å². The number of hydrogen-bond acceptors (Lipinski definition) is 3. The number of urea groups is 1. The van der Waals surface area contributed by atoms with Gasteiger partial charge in [-0.3, -0.25) is 10.1 Å². The molecule has 0 aliphatic carbocycles. The van der Waals surface area contributed by atoms with Gasteiger partial charge in [-0.2, -0.15) is 0 Å². The van der Waals surface area contributed by atoms with E-state index in [1.807, 2.05) is 0 Å². The number of benzene rings is 1. The average Bonchev–Trinajstić information content (AvgIpc) is 2.39. The van der Waals surface area contributed by atoms with Crippen LogP contribution in [0.5, 0.6) is 0 Å². The molecule has 0 unspecified atom stereocenters. The van der Waals surface area contributed by atoms with Crippen LogP contribution in [-0.4, -0.2) is 25.0 Å². The zero-order valence-corrected chi connectivity index (χ0v) is 11.2. The van der Waals surface area contributed by atoms with Crippen LogP contribution in [0, 0.1) is 5.92 Å². The number of carbonyl (C=O) groups excluding carboxylic acids is 2. The molecular weight excluding hydrogens is 266 g/mol. The van der Waals surface area contributed by atoms with Gasteiger partial charge in [-0.1, -0.05) is 17.7 Å². The Hall–Kier alpha value is -1.59. The Morgan fingerprint density at radius 3 is 2.68 bits per heavy atom. The van der Waals surface area contributed by atoms with Crippen molar-refractivity contribution in [2.75, 3.05) is 18.4 Å². The number of halogens is 1. The van der Waals surface area contributed by atoms with Crippen molar-refractivity contribution in [1.29, 1.82) is 0 Å². The Balaban J connectivity index is 1.85. The number of nitrogens with one attached hydrogen (secondary N) is 3. The number of piperidine rings is 1. The minimum absolute atomic E-state index is 0.0913. The molecule has 5 nitrogen and oxygen atoms in total. The molecule has 0 radical (unpaired) electrons. The van der Waals surface area contributed by atoms with Gasteiger partial charge < -0.3 is 10.6 Å². The van der Waals surface area contributed by atoms with Gasteiger partial charge in [0.05, 0.1) is 0 Å². The highest BCUT2D eigenvalue weighted by Gasteiger charge is 2.22. The second kappa shape index (κ2) is 6.54. The summed E-state index contributed by atoms with van der Waals surface area (Å²) in [5, 5.41) is 8.64. The number of anilines is 1. The lowest BCUT2D eigenvalue weighted by molar-refractivity contribution is -0.124. The van der Waals surface area contributed by atoms with Gasteiger partial charge in [-0.05, 0) is 44.1 Å². The summed E-state index contributed by atoms with van der Waals surface area (Å²) >= 11 is 5.81. The Morgan fingerprint density at radius 2 is 2.00 bits per heavy atom. The summed E-state index contributed by atoms with van der Waals surface area (Å²) < 4.78 is 0. The summed E-state index contributed by atoms with van der Waals surface area (Å²) in [4.78, 5) is 23.5. The average molecular weight is 282 g/mol. The van der Waals surface area contributed by atoms with Crippen LogP contribution < -0.4 is 16.0 Å². The molecule has 19 heavy (non-hydrogen) atoms. The lowest BCUT2D eigenvalue weighted by atomic mass is 9.97. The Morgan fingerprint density at radius 1 is 1.26 bits per heavy atom. The van der Waals surface area contributed by atoms with E-state index in [9.17, 15) is 9.59 Å². The molecule has 2 rings (SSSR count). The van der Waals surface area contributed by atoms with Crippen molar-refractivity contribution in [2.45, 2.75) is 12.8 Å². The van der Waals surface area contributed by atoms with Crippen molar-refractivity contribution < 1.29 is 9.59 Å². The highest BCUT2D eigenvalue weighted by atomic mass is 35.5. The SMILES string of the molecule is O=C(NC(=O)C1CCNCC1)Nc1cccc(Cl)c1. The van der Waals surface area contributed by atoms with Crippen LogP contribution in [0.3, 0.4) is 0 Å². The fourth-order valence-electron chi connectivity index (χ4n) is 2.03. The van der Waals surface area contributed by atoms with E-state index in [0.29, 0.717) is 10.7 Å². The van der Waals surface area contributed by atoms with Crippen molar-refractivity contribution in [3.8, 4) is 0 Å². The first-order valence-corrected chi connectivity index (χ1v) is 6.61. The van der Waals surface area contributed by atoms with Gasteiger partial charge in [0, 0.05) is 16.6 Å². The second-order valence-electron chi connectivity index (χ2n) is 4.48. The van der Waals surface area contributed by atoms with Gasteiger partial charge in [0.15, 0.2) is 0 Å². The first-order valence-electron chi connectivity index (χ1n) is 6.23. The van der Waals surface area contributed by atoms with Crippen LogP contribution in [-0.2, 0) is 4.79 Å². The van der Waals surface area contributed by atoms with Gasteiger partial charge >= 0.3 is 6.03 Å². The van der Waals surface area contributed by atoms with E-state index in [2.05, 4.69) is 16.0 Å². The van der Waals surface area contributed by atoms with Crippen LogP contribution in [0.4, 0.5) is 10.5 Å². The molecule has 3 N–H and O–H groups in total. The third-order valence-electron chi connectivity index (χ3n) is 3.03. The van der Waals surface area contributed by atoms with E-state index >= 15 is 0 Å². The Labute approximate surface area is 116 Å². The molecule has 1 aromatic carbocycles. The highest BCUT2D eigenvalue weighted by Crippen LogP contribution is 2.15. The number of hydrogen-bond donors (Lipinski definition) is 3. The lowest BCUT2D eigenvalue weighted by Crippen LogP contribution is -2.42. The van der Waals surface area contributed by atoms with Crippen molar-refractivity contribution >= 4 is 29.2 Å². The highest BCUT2D eigenvalue weighted by molar-refractivity contribution is 6.30. The van der Waals surface area contributed by atoms with E-state index < -0.39 is 6.03 Å². The van der Waals surface area contributed by atoms with Gasteiger partial charge in [0.25, 0.3) is 0 Å². The number of amides is 3. The molecule has 102 valence electrons. The molecular formula is C13H16ClN3O2. The molecule has 0 spiro atoms. The summed E-state index contributed by atoms with van der Waals surface area (Å²) in [6, 6.07) is 6.25. The molecule has 1 aromatic rings. The maximum atomic E-state index is 11.8. The van der Waals surface area contributed by atoms with Crippen LogP contribution in [0.1, 0.15) is 12.8 Å². The summed E-state index contributed by atoms with van der Waals surface area (Å²) in [5.74, 6) is -0.313. The molecule has 0 aromatic heterocycles. The molecule has 1 aliphatic heterocycles. The number of carbonyl (C=O) groups is 2. The molecule has 3 amide bonds. The number of imide groups is 1. The van der Waals surface area contributed by atoms with Crippen LogP contribution in [0.2, 0.25) is 5.02 Å². The summed E-state index contributed by atoms with van der Waals surface area (Å²) in [5.41, 5.74) is 0.558. The van der Waals surface area contributed by atoms with Crippen molar-refractivity contribution in [1.82, 2.24) is 10.6 Å². The third kappa shape index (κ3) is 4.22. The maximum absolute atomic E-state index is 11.8. The standard InChI is InChI=1S/C13H16ClN3O2/c14-10-2-1-3-11(8-10)16-13(19)17-12(18)9-4-6-15-7-5-9/h1-3,8-9,15H,4-7H2,(H2,16,17,18,19). The van der Waals surface area contributed by atoms with Crippen molar-refractivity contribution in [3.05, 3.63) is 29.3 Å². The largest absolute Gasteiger partial charge is 0.325 e. The second-order valence-corrected chi connectivity index (χ2v) is 4.91. The minimum atomic E-state index is -0.522. The van der Waals surface area contributed by atoms with E-state index in [4.69, 9.17) is 11.6 Å². The summed E-state index contributed by atoms with van der Waals surface area (Å²) in [6.07, 6.45) is 1.52. The molecule has 1 saturated heterocycles. The topological polar surface area (TPSA) is 70.2 Å². The molecule has 1 heterocycles. The normalized spacial score (nSPS) is 15.8. The zero-order chi connectivity index (χ0) is 13.7. The van der Waals surface area contributed by atoms with Gasteiger partial charge in [-0.15, -0.1) is 0 Å². The Bertz CT molecular complexity index is 473. The van der Waals surface area contributed by atoms with E-state index in [-0.39, 0.29) is 11.8 Å². The third-order valence-corrected chi connectivity index (χ3v) is 3.26. The van der Waals surface area contributed by atoms with Crippen LogP contribution >= 0.6 is 11.6 Å². The summed E-state index contributed by atoms with van der Waals surface area (Å²) in [7, 11) is 0. The van der Waals surface area contributed by atoms with Crippen molar-refractivity contribution in [3.63, 3.8) is 0 Å². The zero-order valence-electron chi connectivity index (χ0n) is 10.4. The summed E-state index contributed by atoms with van der Waals surface area (Å²) in [6.45, 7) is 1.63. The van der Waals surface area contributed by atoms with Gasteiger partial charge in [0.2, 0.25) is 5.91 Å². The minimum Gasteiger partial charge on any atom is -0.317 e.